The van der Waals surface area contributed by atoms with Gasteiger partial charge in [0, 0.05) is 30.9 Å². The molecule has 1 aliphatic heterocycles. The van der Waals surface area contributed by atoms with Crippen molar-refractivity contribution < 1.29 is 9.72 Å². The molecule has 1 fully saturated rings. The summed E-state index contributed by atoms with van der Waals surface area (Å²) >= 11 is 0. The number of nitrogens with zero attached hydrogens (tertiary/aromatic N) is 4. The summed E-state index contributed by atoms with van der Waals surface area (Å²) < 4.78 is 0. The SMILES string of the molecule is CC(C)N1CCN(c2ccc([N+](=O)[O-])c(C#N)c2)CC1=O. The van der Waals surface area contributed by atoms with E-state index < -0.39 is 4.92 Å². The number of anilines is 1. The van der Waals surface area contributed by atoms with Crippen LogP contribution in [0.15, 0.2) is 18.2 Å². The highest BCUT2D eigenvalue weighted by Gasteiger charge is 2.26. The van der Waals surface area contributed by atoms with Gasteiger partial charge < -0.3 is 9.80 Å². The van der Waals surface area contributed by atoms with Crippen LogP contribution in [-0.2, 0) is 4.79 Å². The topological polar surface area (TPSA) is 90.5 Å². The summed E-state index contributed by atoms with van der Waals surface area (Å²) in [5, 5.41) is 19.8. The van der Waals surface area contributed by atoms with Gasteiger partial charge in [0.2, 0.25) is 5.91 Å². The van der Waals surface area contributed by atoms with Crippen LogP contribution in [0.25, 0.3) is 0 Å². The second-order valence-electron chi connectivity index (χ2n) is 5.17. The van der Waals surface area contributed by atoms with Crippen molar-refractivity contribution in [3.05, 3.63) is 33.9 Å². The van der Waals surface area contributed by atoms with E-state index in [1.165, 1.54) is 12.1 Å². The molecule has 1 aliphatic rings. The molecule has 0 saturated carbocycles. The van der Waals surface area contributed by atoms with Gasteiger partial charge in [-0.15, -0.1) is 0 Å². The van der Waals surface area contributed by atoms with E-state index in [9.17, 15) is 14.9 Å². The Labute approximate surface area is 122 Å². The second kappa shape index (κ2) is 5.79. The van der Waals surface area contributed by atoms with Crippen LogP contribution in [0.4, 0.5) is 11.4 Å². The third kappa shape index (κ3) is 2.94. The number of piperazine rings is 1. The largest absolute Gasteiger partial charge is 0.360 e. The third-order valence-corrected chi connectivity index (χ3v) is 3.54. The Morgan fingerprint density at radius 2 is 2.10 bits per heavy atom. The Morgan fingerprint density at radius 1 is 1.38 bits per heavy atom. The van der Waals surface area contributed by atoms with Crippen LogP contribution in [0.5, 0.6) is 0 Å². The number of carbonyl (C=O) groups is 1. The zero-order chi connectivity index (χ0) is 15.6. The normalized spacial score (nSPS) is 15.2. The van der Waals surface area contributed by atoms with Gasteiger partial charge in [-0.25, -0.2) is 0 Å². The fourth-order valence-electron chi connectivity index (χ4n) is 2.42. The Hall–Kier alpha value is -2.62. The minimum absolute atomic E-state index is 0.0104. The molecule has 1 aromatic carbocycles. The van der Waals surface area contributed by atoms with Gasteiger partial charge in [0.25, 0.3) is 5.69 Å². The lowest BCUT2D eigenvalue weighted by atomic mass is 10.1. The van der Waals surface area contributed by atoms with Crippen molar-refractivity contribution in [3.63, 3.8) is 0 Å². The number of carbonyl (C=O) groups excluding carboxylic acids is 1. The first-order valence-corrected chi connectivity index (χ1v) is 6.67. The number of rotatable bonds is 3. The molecule has 21 heavy (non-hydrogen) atoms. The molecule has 2 rings (SSSR count). The third-order valence-electron chi connectivity index (χ3n) is 3.54. The Balaban J connectivity index is 2.23. The lowest BCUT2D eigenvalue weighted by Gasteiger charge is -2.37. The van der Waals surface area contributed by atoms with E-state index in [2.05, 4.69) is 0 Å². The summed E-state index contributed by atoms with van der Waals surface area (Å²) in [6.07, 6.45) is 0. The van der Waals surface area contributed by atoms with Crippen molar-refractivity contribution in [2.75, 3.05) is 24.5 Å². The molecular formula is C14H16N4O3. The van der Waals surface area contributed by atoms with Gasteiger partial charge in [0.15, 0.2) is 0 Å². The van der Waals surface area contributed by atoms with Crippen molar-refractivity contribution in [2.45, 2.75) is 19.9 Å². The first-order chi connectivity index (χ1) is 9.93. The molecule has 0 atom stereocenters. The molecule has 1 aromatic rings. The van der Waals surface area contributed by atoms with Gasteiger partial charge in [-0.05, 0) is 26.0 Å². The van der Waals surface area contributed by atoms with Crippen LogP contribution < -0.4 is 4.90 Å². The summed E-state index contributed by atoms with van der Waals surface area (Å²) in [7, 11) is 0. The average Bonchev–Trinajstić information content (AvgIpc) is 2.45. The molecule has 1 amide bonds. The van der Waals surface area contributed by atoms with Crippen molar-refractivity contribution in [1.29, 1.82) is 5.26 Å². The van der Waals surface area contributed by atoms with E-state index in [1.807, 2.05) is 24.8 Å². The first kappa shape index (κ1) is 14.8. The van der Waals surface area contributed by atoms with Crippen molar-refractivity contribution in [3.8, 4) is 6.07 Å². The van der Waals surface area contributed by atoms with Gasteiger partial charge in [-0.3, -0.25) is 14.9 Å². The molecule has 0 aromatic heterocycles. The van der Waals surface area contributed by atoms with Gasteiger partial charge in [-0.1, -0.05) is 0 Å². The van der Waals surface area contributed by atoms with Crippen molar-refractivity contribution >= 4 is 17.3 Å². The summed E-state index contributed by atoms with van der Waals surface area (Å²) in [6.45, 7) is 5.41. The minimum atomic E-state index is -0.579. The highest BCUT2D eigenvalue weighted by molar-refractivity contribution is 5.83. The Bertz CT molecular complexity index is 621. The van der Waals surface area contributed by atoms with Gasteiger partial charge in [-0.2, -0.15) is 5.26 Å². The number of hydrogen-bond acceptors (Lipinski definition) is 5. The Kier molecular flexibility index (Phi) is 4.08. The lowest BCUT2D eigenvalue weighted by molar-refractivity contribution is -0.385. The fraction of sp³-hybridized carbons (Fsp3) is 0.429. The number of amides is 1. The summed E-state index contributed by atoms with van der Waals surface area (Å²) in [5.74, 6) is 0.0214. The highest BCUT2D eigenvalue weighted by atomic mass is 16.6. The predicted octanol–water partition coefficient (Wildman–Crippen LogP) is 1.52. The maximum absolute atomic E-state index is 12.1. The molecule has 0 unspecified atom stereocenters. The summed E-state index contributed by atoms with van der Waals surface area (Å²) in [5.41, 5.74) is 0.457. The van der Waals surface area contributed by atoms with Crippen LogP contribution in [-0.4, -0.2) is 41.4 Å². The number of nitro benzene ring substituents is 1. The molecule has 0 aliphatic carbocycles. The van der Waals surface area contributed by atoms with Gasteiger partial charge in [0.1, 0.15) is 11.6 Å². The molecule has 0 spiro atoms. The van der Waals surface area contributed by atoms with E-state index in [0.717, 1.165) is 0 Å². The number of benzene rings is 1. The van der Waals surface area contributed by atoms with Crippen LogP contribution in [0.3, 0.4) is 0 Å². The average molecular weight is 288 g/mol. The molecule has 1 heterocycles. The van der Waals surface area contributed by atoms with E-state index >= 15 is 0 Å². The molecule has 0 N–H and O–H groups in total. The van der Waals surface area contributed by atoms with Gasteiger partial charge in [0.05, 0.1) is 11.5 Å². The minimum Gasteiger partial charge on any atom is -0.360 e. The van der Waals surface area contributed by atoms with E-state index in [-0.39, 0.29) is 29.7 Å². The zero-order valence-corrected chi connectivity index (χ0v) is 11.9. The first-order valence-electron chi connectivity index (χ1n) is 6.67. The van der Waals surface area contributed by atoms with Crippen LogP contribution in [0.1, 0.15) is 19.4 Å². The summed E-state index contributed by atoms with van der Waals surface area (Å²) in [6, 6.07) is 6.35. The smallest absolute Gasteiger partial charge is 0.287 e. The molecular weight excluding hydrogens is 272 g/mol. The standard InChI is InChI=1S/C14H16N4O3/c1-10(2)17-6-5-16(9-14(17)19)12-3-4-13(18(20)21)11(7-12)8-15/h3-4,7,10H,5-6,9H2,1-2H3. The van der Waals surface area contributed by atoms with Crippen LogP contribution >= 0.6 is 0 Å². The van der Waals surface area contributed by atoms with Gasteiger partial charge >= 0.3 is 0 Å². The zero-order valence-electron chi connectivity index (χ0n) is 11.9. The molecule has 7 heteroatoms. The molecule has 110 valence electrons. The fourth-order valence-corrected chi connectivity index (χ4v) is 2.42. The lowest BCUT2D eigenvalue weighted by Crippen LogP contribution is -2.52. The predicted molar refractivity (Wildman–Crippen MR) is 76.9 cm³/mol. The number of nitro groups is 1. The maximum Gasteiger partial charge on any atom is 0.287 e. The molecule has 0 bridgehead atoms. The number of nitriles is 1. The Morgan fingerprint density at radius 3 is 2.62 bits per heavy atom. The molecule has 7 nitrogen and oxygen atoms in total. The maximum atomic E-state index is 12.1. The van der Waals surface area contributed by atoms with E-state index in [0.29, 0.717) is 18.8 Å². The molecule has 0 radical (unpaired) electrons. The molecule has 1 saturated heterocycles. The van der Waals surface area contributed by atoms with Crippen molar-refractivity contribution in [2.24, 2.45) is 0 Å². The second-order valence-corrected chi connectivity index (χ2v) is 5.17. The summed E-state index contributed by atoms with van der Waals surface area (Å²) in [4.78, 5) is 25.9. The van der Waals surface area contributed by atoms with Crippen LogP contribution in [0.2, 0.25) is 0 Å². The van der Waals surface area contributed by atoms with E-state index in [4.69, 9.17) is 5.26 Å². The van der Waals surface area contributed by atoms with Crippen molar-refractivity contribution in [1.82, 2.24) is 4.90 Å². The number of hydrogen-bond donors (Lipinski definition) is 0. The van der Waals surface area contributed by atoms with Crippen LogP contribution in [0, 0.1) is 21.4 Å². The highest BCUT2D eigenvalue weighted by Crippen LogP contribution is 2.25. The van der Waals surface area contributed by atoms with E-state index in [1.54, 1.807) is 11.0 Å². The monoisotopic (exact) mass is 288 g/mol. The quantitative estimate of drug-likeness (QED) is 0.621.